The molecule has 1 saturated heterocycles. The maximum Gasteiger partial charge on any atom is 0.335 e. The average Bonchev–Trinajstić information content (AvgIpc) is 3.35. The summed E-state index contributed by atoms with van der Waals surface area (Å²) in [4.78, 5) is 38.9. The Labute approximate surface area is 211 Å². The number of carbonyl (C=O) groups excluding carboxylic acids is 2. The molecule has 0 unspecified atom stereocenters. The fourth-order valence-corrected chi connectivity index (χ4v) is 4.47. The number of hydrogen-bond acceptors (Lipinski definition) is 3. The molecule has 0 saturated carbocycles. The zero-order chi connectivity index (χ0) is 25.8. The van der Waals surface area contributed by atoms with Crippen molar-refractivity contribution in [1.82, 2.24) is 4.90 Å². The van der Waals surface area contributed by atoms with Crippen molar-refractivity contribution in [2.45, 2.75) is 45.6 Å². The highest BCUT2D eigenvalue weighted by Gasteiger charge is 2.34. The predicted molar refractivity (Wildman–Crippen MR) is 141 cm³/mol. The Kier molecular flexibility index (Phi) is 7.38. The van der Waals surface area contributed by atoms with Gasteiger partial charge in [0.05, 0.1) is 5.56 Å². The van der Waals surface area contributed by atoms with Gasteiger partial charge in [-0.15, -0.1) is 0 Å². The first-order chi connectivity index (χ1) is 17.2. The van der Waals surface area contributed by atoms with E-state index in [2.05, 4.69) is 24.5 Å². The van der Waals surface area contributed by atoms with Crippen molar-refractivity contribution in [3.8, 4) is 11.1 Å². The number of nitrogens with zero attached hydrogens (tertiary/aromatic N) is 1. The number of aryl methyl sites for hydroxylation is 1. The van der Waals surface area contributed by atoms with Crippen LogP contribution < -0.4 is 10.6 Å². The Balaban J connectivity index is 1.40. The summed E-state index contributed by atoms with van der Waals surface area (Å²) in [6.45, 7) is 6.61. The van der Waals surface area contributed by atoms with Crippen LogP contribution in [0.1, 0.15) is 54.1 Å². The number of benzene rings is 3. The molecule has 3 amide bonds. The van der Waals surface area contributed by atoms with Crippen LogP contribution >= 0.6 is 0 Å². The molecule has 3 aromatic carbocycles. The molecule has 186 valence electrons. The van der Waals surface area contributed by atoms with Crippen LogP contribution in [0.25, 0.3) is 11.1 Å². The molecule has 36 heavy (non-hydrogen) atoms. The number of nitrogens with one attached hydrogen (secondary N) is 2. The van der Waals surface area contributed by atoms with Crippen LogP contribution in [0.3, 0.4) is 0 Å². The van der Waals surface area contributed by atoms with E-state index < -0.39 is 12.0 Å². The van der Waals surface area contributed by atoms with Gasteiger partial charge in [0, 0.05) is 17.9 Å². The average molecular weight is 486 g/mol. The van der Waals surface area contributed by atoms with E-state index in [1.54, 1.807) is 29.2 Å². The molecule has 3 N–H and O–H groups in total. The van der Waals surface area contributed by atoms with E-state index in [9.17, 15) is 19.5 Å². The summed E-state index contributed by atoms with van der Waals surface area (Å²) in [6.07, 6.45) is 1.36. The zero-order valence-electron chi connectivity index (χ0n) is 20.7. The van der Waals surface area contributed by atoms with Crippen LogP contribution in [0.2, 0.25) is 0 Å². The largest absolute Gasteiger partial charge is 0.478 e. The lowest BCUT2D eigenvalue weighted by atomic mass is 10.00. The van der Waals surface area contributed by atoms with E-state index in [-0.39, 0.29) is 17.5 Å². The number of anilines is 2. The van der Waals surface area contributed by atoms with Gasteiger partial charge in [-0.25, -0.2) is 9.59 Å². The minimum Gasteiger partial charge on any atom is -0.478 e. The minimum atomic E-state index is -0.971. The van der Waals surface area contributed by atoms with Crippen LogP contribution in [0.15, 0.2) is 66.7 Å². The van der Waals surface area contributed by atoms with E-state index >= 15 is 0 Å². The fourth-order valence-electron chi connectivity index (χ4n) is 4.47. The maximum atomic E-state index is 13.0. The lowest BCUT2D eigenvalue weighted by Crippen LogP contribution is -2.45. The molecule has 7 nitrogen and oxygen atoms in total. The molecule has 0 radical (unpaired) electrons. The summed E-state index contributed by atoms with van der Waals surface area (Å²) >= 11 is 0. The third kappa shape index (κ3) is 5.74. The van der Waals surface area contributed by atoms with Crippen molar-refractivity contribution in [2.24, 2.45) is 0 Å². The molecule has 3 aromatic rings. The third-order valence-electron chi connectivity index (χ3n) is 6.46. The monoisotopic (exact) mass is 485 g/mol. The van der Waals surface area contributed by atoms with Gasteiger partial charge in [0.2, 0.25) is 5.91 Å². The molecular formula is C29H31N3O4. The molecule has 1 aliphatic heterocycles. The van der Waals surface area contributed by atoms with E-state index in [0.29, 0.717) is 30.3 Å². The second-order valence-electron chi connectivity index (χ2n) is 9.52. The van der Waals surface area contributed by atoms with Crippen LogP contribution in [0.5, 0.6) is 0 Å². The standard InChI is InChI=1S/C29H31N3O4/c1-18(2)20-6-10-25(11-7-20)31-29(36)32-14-4-5-26(32)27(33)30-24-12-8-21(9-13-24)22-15-19(3)16-23(17-22)28(34)35/h6-13,15-18,26H,4-5,14H2,1-3H3,(H,30,33)(H,31,36)(H,34,35)/t26-/m1/s1. The lowest BCUT2D eigenvalue weighted by molar-refractivity contribution is -0.119. The molecule has 1 atom stereocenters. The molecule has 1 heterocycles. The van der Waals surface area contributed by atoms with Crippen molar-refractivity contribution < 1.29 is 19.5 Å². The Bertz CT molecular complexity index is 1270. The van der Waals surface area contributed by atoms with Crippen LogP contribution in [-0.2, 0) is 4.79 Å². The zero-order valence-corrected chi connectivity index (χ0v) is 20.7. The Morgan fingerprint density at radius 2 is 1.53 bits per heavy atom. The first kappa shape index (κ1) is 25.0. The van der Waals surface area contributed by atoms with Crippen LogP contribution in [0, 0.1) is 6.92 Å². The summed E-state index contributed by atoms with van der Waals surface area (Å²) in [6, 6.07) is 19.4. The smallest absolute Gasteiger partial charge is 0.335 e. The molecule has 4 rings (SSSR count). The van der Waals surface area contributed by atoms with Gasteiger partial charge in [-0.1, -0.05) is 44.2 Å². The first-order valence-electron chi connectivity index (χ1n) is 12.1. The molecule has 0 bridgehead atoms. The second-order valence-corrected chi connectivity index (χ2v) is 9.52. The first-order valence-corrected chi connectivity index (χ1v) is 12.1. The predicted octanol–water partition coefficient (Wildman–Crippen LogP) is 6.12. The highest BCUT2D eigenvalue weighted by atomic mass is 16.4. The van der Waals surface area contributed by atoms with Gasteiger partial charge in [-0.05, 0) is 84.3 Å². The number of amides is 3. The second kappa shape index (κ2) is 10.6. The Morgan fingerprint density at radius 1 is 0.889 bits per heavy atom. The number of likely N-dealkylation sites (tertiary alicyclic amines) is 1. The van der Waals surface area contributed by atoms with Crippen molar-refractivity contribution in [1.29, 1.82) is 0 Å². The number of carboxylic acids is 1. The normalized spacial score (nSPS) is 15.1. The van der Waals surface area contributed by atoms with Gasteiger partial charge in [-0.3, -0.25) is 4.79 Å². The molecule has 1 fully saturated rings. The van der Waals surface area contributed by atoms with Crippen LogP contribution in [-0.4, -0.2) is 40.5 Å². The van der Waals surface area contributed by atoms with Gasteiger partial charge < -0.3 is 20.6 Å². The molecule has 0 spiro atoms. The van der Waals surface area contributed by atoms with Gasteiger partial charge in [0.1, 0.15) is 6.04 Å². The molecule has 7 heteroatoms. The summed E-state index contributed by atoms with van der Waals surface area (Å²) in [5.41, 5.74) is 5.26. The van der Waals surface area contributed by atoms with Crippen molar-refractivity contribution >= 4 is 29.3 Å². The summed E-state index contributed by atoms with van der Waals surface area (Å²) in [5.74, 6) is -0.787. The molecule has 1 aliphatic rings. The van der Waals surface area contributed by atoms with E-state index in [0.717, 1.165) is 23.1 Å². The molecular weight excluding hydrogens is 454 g/mol. The highest BCUT2D eigenvalue weighted by Crippen LogP contribution is 2.26. The van der Waals surface area contributed by atoms with E-state index in [4.69, 9.17) is 0 Å². The Hall–Kier alpha value is -4.13. The van der Waals surface area contributed by atoms with Gasteiger partial charge in [-0.2, -0.15) is 0 Å². The number of aromatic carboxylic acids is 1. The van der Waals surface area contributed by atoms with Gasteiger partial charge >= 0.3 is 12.0 Å². The van der Waals surface area contributed by atoms with Gasteiger partial charge in [0.15, 0.2) is 0 Å². The number of carboxylic acid groups (broad SMARTS) is 1. The number of hydrogen-bond donors (Lipinski definition) is 3. The third-order valence-corrected chi connectivity index (χ3v) is 6.46. The van der Waals surface area contributed by atoms with E-state index in [1.165, 1.54) is 5.56 Å². The number of carbonyl (C=O) groups is 3. The highest BCUT2D eigenvalue weighted by molar-refractivity contribution is 5.99. The van der Waals surface area contributed by atoms with Crippen LogP contribution in [0.4, 0.5) is 16.2 Å². The lowest BCUT2D eigenvalue weighted by Gasteiger charge is -2.24. The molecule has 0 aromatic heterocycles. The Morgan fingerprint density at radius 3 is 2.17 bits per heavy atom. The quantitative estimate of drug-likeness (QED) is 0.392. The summed E-state index contributed by atoms with van der Waals surface area (Å²) in [7, 11) is 0. The van der Waals surface area contributed by atoms with E-state index in [1.807, 2.05) is 49.4 Å². The van der Waals surface area contributed by atoms with Crippen molar-refractivity contribution in [2.75, 3.05) is 17.2 Å². The molecule has 0 aliphatic carbocycles. The summed E-state index contributed by atoms with van der Waals surface area (Å²) in [5, 5.41) is 15.1. The minimum absolute atomic E-state index is 0.228. The number of rotatable bonds is 6. The fraction of sp³-hybridized carbons (Fsp3) is 0.276. The van der Waals surface area contributed by atoms with Crippen molar-refractivity contribution in [3.05, 3.63) is 83.4 Å². The maximum absolute atomic E-state index is 13.0. The topological polar surface area (TPSA) is 98.7 Å². The van der Waals surface area contributed by atoms with Crippen molar-refractivity contribution in [3.63, 3.8) is 0 Å². The SMILES string of the molecule is Cc1cc(C(=O)O)cc(-c2ccc(NC(=O)[C@H]3CCCN3C(=O)Nc3ccc(C(C)C)cc3)cc2)c1. The number of urea groups is 1. The summed E-state index contributed by atoms with van der Waals surface area (Å²) < 4.78 is 0. The van der Waals surface area contributed by atoms with Gasteiger partial charge in [0.25, 0.3) is 0 Å².